The lowest BCUT2D eigenvalue weighted by Gasteiger charge is -2.13. The van der Waals surface area contributed by atoms with Crippen molar-refractivity contribution in [2.75, 3.05) is 11.5 Å². The summed E-state index contributed by atoms with van der Waals surface area (Å²) in [7, 11) is 0. The molecule has 0 spiro atoms. The molecule has 1 rings (SSSR count). The summed E-state index contributed by atoms with van der Waals surface area (Å²) in [5.74, 6) is 2.70. The van der Waals surface area contributed by atoms with E-state index in [9.17, 15) is 5.11 Å². The molecule has 0 aliphatic heterocycles. The molecule has 17 heavy (non-hydrogen) atoms. The molecular formula is C13H20BrNOS. The van der Waals surface area contributed by atoms with E-state index in [0.29, 0.717) is 11.8 Å². The van der Waals surface area contributed by atoms with Gasteiger partial charge < -0.3 is 10.4 Å². The van der Waals surface area contributed by atoms with E-state index in [4.69, 9.17) is 0 Å². The van der Waals surface area contributed by atoms with Crippen LogP contribution in [0.5, 0.6) is 5.75 Å². The highest BCUT2D eigenvalue weighted by atomic mass is 79.9. The van der Waals surface area contributed by atoms with Crippen molar-refractivity contribution in [1.29, 1.82) is 0 Å². The zero-order valence-corrected chi connectivity index (χ0v) is 12.8. The number of nitrogens with one attached hydrogen (secondary N) is 1. The maximum absolute atomic E-state index is 9.39. The number of rotatable bonds is 7. The first-order chi connectivity index (χ1) is 8.13. The monoisotopic (exact) mass is 317 g/mol. The van der Waals surface area contributed by atoms with Gasteiger partial charge in [-0.25, -0.2) is 0 Å². The molecule has 0 saturated carbocycles. The number of thioether (sulfide) groups is 1. The molecule has 4 heteroatoms. The van der Waals surface area contributed by atoms with Gasteiger partial charge >= 0.3 is 0 Å². The van der Waals surface area contributed by atoms with E-state index in [1.54, 1.807) is 6.07 Å². The predicted molar refractivity (Wildman–Crippen MR) is 79.7 cm³/mol. The normalized spacial score (nSPS) is 12.6. The number of halogens is 1. The molecule has 2 N–H and O–H groups in total. The Hall–Kier alpha value is -0.190. The van der Waals surface area contributed by atoms with Gasteiger partial charge in [-0.15, -0.1) is 0 Å². The first-order valence-corrected chi connectivity index (χ1v) is 7.86. The van der Waals surface area contributed by atoms with E-state index in [2.05, 4.69) is 35.1 Å². The number of phenolic OH excluding ortho intramolecular Hbond substituents is 1. The van der Waals surface area contributed by atoms with Gasteiger partial charge in [0.15, 0.2) is 0 Å². The fraction of sp³-hybridized carbons (Fsp3) is 0.538. The number of benzene rings is 1. The molecule has 0 aromatic heterocycles. The fourth-order valence-electron chi connectivity index (χ4n) is 1.46. The number of hydrogen-bond acceptors (Lipinski definition) is 3. The Balaban J connectivity index is 2.31. The maximum atomic E-state index is 9.39. The summed E-state index contributed by atoms with van der Waals surface area (Å²) in [4.78, 5) is 0. The molecule has 0 aliphatic carbocycles. The summed E-state index contributed by atoms with van der Waals surface area (Å²) in [6.07, 6.45) is 1.19. The summed E-state index contributed by atoms with van der Waals surface area (Å²) < 4.78 is 0.756. The highest BCUT2D eigenvalue weighted by molar-refractivity contribution is 9.10. The third kappa shape index (κ3) is 5.80. The van der Waals surface area contributed by atoms with Gasteiger partial charge in [-0.2, -0.15) is 11.8 Å². The van der Waals surface area contributed by atoms with Crippen LogP contribution < -0.4 is 5.32 Å². The SMILES string of the molecule is CCSCCC(C)NCc1ccc(O)c(Br)c1. The zero-order valence-electron chi connectivity index (χ0n) is 10.4. The summed E-state index contributed by atoms with van der Waals surface area (Å²) in [5.41, 5.74) is 1.18. The van der Waals surface area contributed by atoms with Gasteiger partial charge in [0.1, 0.15) is 5.75 Å². The van der Waals surface area contributed by atoms with Crippen molar-refractivity contribution in [3.63, 3.8) is 0 Å². The Morgan fingerprint density at radius 3 is 2.88 bits per heavy atom. The van der Waals surface area contributed by atoms with Gasteiger partial charge in [0, 0.05) is 12.6 Å². The van der Waals surface area contributed by atoms with E-state index >= 15 is 0 Å². The van der Waals surface area contributed by atoms with Crippen LogP contribution in [0.3, 0.4) is 0 Å². The Kier molecular flexibility index (Phi) is 7.00. The smallest absolute Gasteiger partial charge is 0.129 e. The first kappa shape index (κ1) is 14.9. The second-order valence-corrected chi connectivity index (χ2v) is 6.30. The minimum absolute atomic E-state index is 0.293. The second-order valence-electron chi connectivity index (χ2n) is 4.05. The molecule has 1 atom stereocenters. The average molecular weight is 318 g/mol. The minimum atomic E-state index is 0.293. The van der Waals surface area contributed by atoms with Crippen LogP contribution >= 0.6 is 27.7 Å². The number of phenols is 1. The van der Waals surface area contributed by atoms with E-state index in [1.165, 1.54) is 23.5 Å². The lowest BCUT2D eigenvalue weighted by Crippen LogP contribution is -2.26. The second kappa shape index (κ2) is 8.01. The third-order valence-corrected chi connectivity index (χ3v) is 4.13. The number of hydrogen-bond donors (Lipinski definition) is 2. The molecule has 2 nitrogen and oxygen atoms in total. The summed E-state index contributed by atoms with van der Waals surface area (Å²) in [5, 5.41) is 12.9. The van der Waals surface area contributed by atoms with Gasteiger partial charge in [0.2, 0.25) is 0 Å². The molecule has 0 saturated heterocycles. The first-order valence-electron chi connectivity index (χ1n) is 5.92. The fourth-order valence-corrected chi connectivity index (χ4v) is 2.69. The van der Waals surface area contributed by atoms with Crippen LogP contribution in [0.2, 0.25) is 0 Å². The van der Waals surface area contributed by atoms with Gasteiger partial charge in [0.25, 0.3) is 0 Å². The van der Waals surface area contributed by atoms with E-state index in [0.717, 1.165) is 11.0 Å². The van der Waals surface area contributed by atoms with Crippen LogP contribution in [-0.2, 0) is 6.54 Å². The Morgan fingerprint density at radius 1 is 1.47 bits per heavy atom. The van der Waals surface area contributed by atoms with Crippen molar-refractivity contribution in [3.8, 4) is 5.75 Å². The van der Waals surface area contributed by atoms with Gasteiger partial charge in [-0.05, 0) is 58.5 Å². The van der Waals surface area contributed by atoms with Crippen LogP contribution in [0.15, 0.2) is 22.7 Å². The Bertz CT molecular complexity index is 346. The van der Waals surface area contributed by atoms with E-state index < -0.39 is 0 Å². The van der Waals surface area contributed by atoms with Crippen molar-refractivity contribution >= 4 is 27.7 Å². The van der Waals surface area contributed by atoms with Crippen LogP contribution in [0.25, 0.3) is 0 Å². The van der Waals surface area contributed by atoms with Crippen molar-refractivity contribution in [2.45, 2.75) is 32.9 Å². The summed E-state index contributed by atoms with van der Waals surface area (Å²) in [6, 6.07) is 6.15. The van der Waals surface area contributed by atoms with Crippen molar-refractivity contribution < 1.29 is 5.11 Å². The van der Waals surface area contributed by atoms with E-state index in [-0.39, 0.29) is 0 Å². The zero-order chi connectivity index (χ0) is 12.7. The van der Waals surface area contributed by atoms with Gasteiger partial charge in [-0.3, -0.25) is 0 Å². The number of aromatic hydroxyl groups is 1. The summed E-state index contributed by atoms with van der Waals surface area (Å²) in [6.45, 7) is 5.25. The lowest BCUT2D eigenvalue weighted by atomic mass is 10.2. The minimum Gasteiger partial charge on any atom is -0.507 e. The highest BCUT2D eigenvalue weighted by Gasteiger charge is 2.03. The van der Waals surface area contributed by atoms with Crippen molar-refractivity contribution in [1.82, 2.24) is 5.32 Å². The quantitative estimate of drug-likeness (QED) is 0.751. The molecule has 1 aromatic carbocycles. The van der Waals surface area contributed by atoms with Crippen LogP contribution in [-0.4, -0.2) is 22.7 Å². The Labute approximate surface area is 116 Å². The standard InChI is InChI=1S/C13H20BrNOS/c1-3-17-7-6-10(2)15-9-11-4-5-13(16)12(14)8-11/h4-5,8,10,15-16H,3,6-7,9H2,1-2H3. The Morgan fingerprint density at radius 2 is 2.24 bits per heavy atom. The molecule has 0 heterocycles. The molecule has 0 bridgehead atoms. The largest absolute Gasteiger partial charge is 0.507 e. The maximum Gasteiger partial charge on any atom is 0.129 e. The van der Waals surface area contributed by atoms with Crippen molar-refractivity contribution in [2.24, 2.45) is 0 Å². The van der Waals surface area contributed by atoms with Gasteiger partial charge in [-0.1, -0.05) is 13.0 Å². The third-order valence-electron chi connectivity index (χ3n) is 2.57. The van der Waals surface area contributed by atoms with Gasteiger partial charge in [0.05, 0.1) is 4.47 Å². The predicted octanol–water partition coefficient (Wildman–Crippen LogP) is 3.78. The van der Waals surface area contributed by atoms with Crippen LogP contribution in [0.4, 0.5) is 0 Å². The van der Waals surface area contributed by atoms with E-state index in [1.807, 2.05) is 23.9 Å². The lowest BCUT2D eigenvalue weighted by molar-refractivity contribution is 0.471. The topological polar surface area (TPSA) is 32.3 Å². The molecule has 0 radical (unpaired) electrons. The molecule has 0 amide bonds. The molecule has 1 unspecified atom stereocenters. The molecule has 0 aliphatic rings. The molecular weight excluding hydrogens is 298 g/mol. The highest BCUT2D eigenvalue weighted by Crippen LogP contribution is 2.24. The summed E-state index contributed by atoms with van der Waals surface area (Å²) >= 11 is 5.31. The van der Waals surface area contributed by atoms with Crippen molar-refractivity contribution in [3.05, 3.63) is 28.2 Å². The molecule has 1 aromatic rings. The molecule has 0 fully saturated rings. The molecule has 96 valence electrons. The van der Waals surface area contributed by atoms with Crippen LogP contribution in [0.1, 0.15) is 25.8 Å². The average Bonchev–Trinajstić information content (AvgIpc) is 2.31. The van der Waals surface area contributed by atoms with Crippen LogP contribution in [0, 0.1) is 0 Å².